The number of nitrogens with zero attached hydrogens (tertiary/aromatic N) is 1. The summed E-state index contributed by atoms with van der Waals surface area (Å²) in [4.78, 5) is 13.5. The van der Waals surface area contributed by atoms with Crippen molar-refractivity contribution in [2.75, 3.05) is 32.8 Å². The van der Waals surface area contributed by atoms with Gasteiger partial charge in [-0.15, -0.1) is 0 Å². The first-order valence-electron chi connectivity index (χ1n) is 5.43. The lowest BCUT2D eigenvalue weighted by atomic mass is 10.2. The van der Waals surface area contributed by atoms with Crippen LogP contribution in [-0.2, 0) is 4.79 Å². The van der Waals surface area contributed by atoms with Crippen molar-refractivity contribution in [1.29, 1.82) is 0 Å². The lowest BCUT2D eigenvalue weighted by Crippen LogP contribution is -2.38. The summed E-state index contributed by atoms with van der Waals surface area (Å²) in [5, 5.41) is 11.2. The number of rotatable bonds is 4. The Morgan fingerprint density at radius 1 is 1.21 bits per heavy atom. The summed E-state index contributed by atoms with van der Waals surface area (Å²) in [7, 11) is 0. The van der Waals surface area contributed by atoms with Crippen LogP contribution in [-0.4, -0.2) is 48.7 Å². The number of carbonyl (C=O) groups excluding carboxylic acids is 1. The predicted molar refractivity (Wildman–Crippen MR) is 55.0 cm³/mol. The van der Waals surface area contributed by atoms with Gasteiger partial charge in [-0.2, -0.15) is 0 Å². The number of amides is 1. The minimum Gasteiger partial charge on any atom is -0.395 e. The summed E-state index contributed by atoms with van der Waals surface area (Å²) in [5.74, 6) is 0.0287. The van der Waals surface area contributed by atoms with E-state index in [0.29, 0.717) is 13.1 Å². The van der Waals surface area contributed by atoms with Crippen LogP contribution < -0.4 is 5.32 Å². The van der Waals surface area contributed by atoms with E-state index in [2.05, 4.69) is 10.2 Å². The third-order valence-electron chi connectivity index (χ3n) is 2.50. The van der Waals surface area contributed by atoms with E-state index < -0.39 is 0 Å². The molecule has 0 radical (unpaired) electrons. The number of aliphatic hydroxyl groups is 1. The van der Waals surface area contributed by atoms with E-state index in [0.717, 1.165) is 13.1 Å². The molecule has 1 saturated heterocycles. The topological polar surface area (TPSA) is 52.6 Å². The first-order valence-corrected chi connectivity index (χ1v) is 5.43. The van der Waals surface area contributed by atoms with Crippen LogP contribution in [0.3, 0.4) is 0 Å². The second kappa shape index (κ2) is 6.79. The molecule has 4 nitrogen and oxygen atoms in total. The third-order valence-corrected chi connectivity index (χ3v) is 2.50. The van der Waals surface area contributed by atoms with Crippen LogP contribution in [0.1, 0.15) is 25.7 Å². The van der Waals surface area contributed by atoms with E-state index >= 15 is 0 Å². The minimum absolute atomic E-state index is 0.0196. The smallest absolute Gasteiger partial charge is 0.234 e. The summed E-state index contributed by atoms with van der Waals surface area (Å²) in [6.07, 6.45) is 4.98. The van der Waals surface area contributed by atoms with E-state index in [1.807, 2.05) is 0 Å². The Morgan fingerprint density at radius 3 is 2.43 bits per heavy atom. The summed E-state index contributed by atoms with van der Waals surface area (Å²) >= 11 is 0. The molecule has 0 aromatic rings. The number of hydrogen-bond acceptors (Lipinski definition) is 3. The van der Waals surface area contributed by atoms with Gasteiger partial charge in [0, 0.05) is 6.54 Å². The highest BCUT2D eigenvalue weighted by Gasteiger charge is 2.11. The minimum atomic E-state index is 0.0196. The monoisotopic (exact) mass is 200 g/mol. The zero-order valence-corrected chi connectivity index (χ0v) is 8.67. The fraction of sp³-hybridized carbons (Fsp3) is 0.900. The van der Waals surface area contributed by atoms with Crippen molar-refractivity contribution in [2.24, 2.45) is 0 Å². The first kappa shape index (κ1) is 11.5. The zero-order valence-electron chi connectivity index (χ0n) is 8.67. The molecule has 1 fully saturated rings. The fourth-order valence-electron chi connectivity index (χ4n) is 1.75. The van der Waals surface area contributed by atoms with Gasteiger partial charge < -0.3 is 10.4 Å². The molecule has 0 saturated carbocycles. The van der Waals surface area contributed by atoms with Crippen LogP contribution in [0.4, 0.5) is 0 Å². The Morgan fingerprint density at radius 2 is 1.86 bits per heavy atom. The van der Waals surface area contributed by atoms with Gasteiger partial charge in [-0.05, 0) is 25.9 Å². The maximum atomic E-state index is 11.3. The third kappa shape index (κ3) is 4.58. The van der Waals surface area contributed by atoms with Crippen molar-refractivity contribution < 1.29 is 9.90 Å². The number of nitrogens with one attached hydrogen (secondary N) is 1. The van der Waals surface area contributed by atoms with E-state index in [9.17, 15) is 4.79 Å². The molecule has 14 heavy (non-hydrogen) atoms. The molecule has 82 valence electrons. The lowest BCUT2D eigenvalue weighted by Gasteiger charge is -2.18. The molecule has 1 rings (SSSR count). The van der Waals surface area contributed by atoms with Crippen molar-refractivity contribution in [2.45, 2.75) is 25.7 Å². The highest BCUT2D eigenvalue weighted by atomic mass is 16.3. The maximum absolute atomic E-state index is 11.3. The molecule has 0 aromatic heterocycles. The highest BCUT2D eigenvalue weighted by molar-refractivity contribution is 5.77. The van der Waals surface area contributed by atoms with Gasteiger partial charge in [0.2, 0.25) is 5.91 Å². The maximum Gasteiger partial charge on any atom is 0.234 e. The normalized spacial score (nSPS) is 18.9. The number of hydrogen-bond donors (Lipinski definition) is 2. The van der Waals surface area contributed by atoms with Gasteiger partial charge >= 0.3 is 0 Å². The molecule has 1 aliphatic rings. The second-order valence-electron chi connectivity index (χ2n) is 3.76. The average molecular weight is 200 g/mol. The lowest BCUT2D eigenvalue weighted by molar-refractivity contribution is -0.122. The average Bonchev–Trinajstić information content (AvgIpc) is 2.43. The van der Waals surface area contributed by atoms with Crippen LogP contribution in [0.15, 0.2) is 0 Å². The Balaban J connectivity index is 2.17. The van der Waals surface area contributed by atoms with Crippen molar-refractivity contribution in [3.05, 3.63) is 0 Å². The molecule has 0 aliphatic carbocycles. The molecule has 1 heterocycles. The fourth-order valence-corrected chi connectivity index (χ4v) is 1.75. The van der Waals surface area contributed by atoms with Crippen LogP contribution in [0.2, 0.25) is 0 Å². The van der Waals surface area contributed by atoms with Crippen LogP contribution in [0.5, 0.6) is 0 Å². The molecular formula is C10H20N2O2. The summed E-state index contributed by atoms with van der Waals surface area (Å²) in [6.45, 7) is 2.94. The Bertz CT molecular complexity index is 166. The van der Waals surface area contributed by atoms with Crippen molar-refractivity contribution >= 4 is 5.91 Å². The van der Waals surface area contributed by atoms with Gasteiger partial charge in [-0.25, -0.2) is 0 Å². The van der Waals surface area contributed by atoms with E-state index in [1.54, 1.807) is 0 Å². The van der Waals surface area contributed by atoms with Gasteiger partial charge in [-0.1, -0.05) is 12.8 Å². The number of aliphatic hydroxyl groups excluding tert-OH is 1. The van der Waals surface area contributed by atoms with Gasteiger partial charge in [0.1, 0.15) is 0 Å². The second-order valence-corrected chi connectivity index (χ2v) is 3.76. The van der Waals surface area contributed by atoms with Gasteiger partial charge in [0.15, 0.2) is 0 Å². The summed E-state index contributed by atoms with van der Waals surface area (Å²) in [6, 6.07) is 0. The molecule has 1 amide bonds. The highest BCUT2D eigenvalue weighted by Crippen LogP contribution is 2.08. The SMILES string of the molecule is O=C(CN1CCCCCC1)NCCO. The largest absolute Gasteiger partial charge is 0.395 e. The molecule has 1 aliphatic heterocycles. The number of likely N-dealkylation sites (tertiary alicyclic amines) is 1. The van der Waals surface area contributed by atoms with Gasteiger partial charge in [0.25, 0.3) is 0 Å². The van der Waals surface area contributed by atoms with Crippen LogP contribution in [0.25, 0.3) is 0 Å². The van der Waals surface area contributed by atoms with Crippen molar-refractivity contribution in [1.82, 2.24) is 10.2 Å². The molecule has 0 atom stereocenters. The summed E-state index contributed by atoms with van der Waals surface area (Å²) in [5.41, 5.74) is 0. The van der Waals surface area contributed by atoms with Crippen LogP contribution in [0, 0.1) is 0 Å². The zero-order chi connectivity index (χ0) is 10.2. The quantitative estimate of drug-likeness (QED) is 0.670. The molecule has 4 heteroatoms. The predicted octanol–water partition coefficient (Wildman–Crippen LogP) is -0.0291. The molecule has 0 spiro atoms. The molecular weight excluding hydrogens is 180 g/mol. The standard InChI is InChI=1S/C10H20N2O2/c13-8-5-11-10(14)9-12-6-3-1-2-4-7-12/h13H,1-9H2,(H,11,14). The van der Waals surface area contributed by atoms with E-state index in [-0.39, 0.29) is 12.5 Å². The van der Waals surface area contributed by atoms with E-state index in [1.165, 1.54) is 25.7 Å². The van der Waals surface area contributed by atoms with Crippen molar-refractivity contribution in [3.8, 4) is 0 Å². The number of carbonyl (C=O) groups is 1. The van der Waals surface area contributed by atoms with Gasteiger partial charge in [0.05, 0.1) is 13.2 Å². The summed E-state index contributed by atoms with van der Waals surface area (Å²) < 4.78 is 0. The Kier molecular flexibility index (Phi) is 5.56. The van der Waals surface area contributed by atoms with Crippen molar-refractivity contribution in [3.63, 3.8) is 0 Å². The molecule has 2 N–H and O–H groups in total. The van der Waals surface area contributed by atoms with E-state index in [4.69, 9.17) is 5.11 Å². The molecule has 0 aromatic carbocycles. The van der Waals surface area contributed by atoms with Crippen LogP contribution >= 0.6 is 0 Å². The molecule has 0 unspecified atom stereocenters. The van der Waals surface area contributed by atoms with Gasteiger partial charge in [-0.3, -0.25) is 9.69 Å². The Labute approximate surface area is 85.3 Å². The first-order chi connectivity index (χ1) is 6.83. The molecule has 0 bridgehead atoms. The Hall–Kier alpha value is -0.610.